The van der Waals surface area contributed by atoms with Gasteiger partial charge in [-0.1, -0.05) is 6.07 Å². The molecule has 1 aromatic carbocycles. The van der Waals surface area contributed by atoms with Crippen molar-refractivity contribution < 1.29 is 14.9 Å². The van der Waals surface area contributed by atoms with Crippen LogP contribution in [0.2, 0.25) is 0 Å². The lowest BCUT2D eigenvalue weighted by molar-refractivity contribution is 0.429. The molecule has 4 rings (SSSR count). The smallest absolute Gasteiger partial charge is 0.176 e. The third-order valence-corrected chi connectivity index (χ3v) is 3.72. The topological polar surface area (TPSA) is 79.9 Å². The number of benzene rings is 1. The predicted octanol–water partition coefficient (Wildman–Crippen LogP) is 4.09. The van der Waals surface area contributed by atoms with Crippen molar-refractivity contribution in [2.24, 2.45) is 0 Å². The molecule has 0 spiro atoms. The number of rotatable bonds is 3. The Labute approximate surface area is 136 Å². The number of imidazole rings is 1. The molecule has 3 aromatic heterocycles. The second kappa shape index (κ2) is 5.58. The van der Waals surface area contributed by atoms with Gasteiger partial charge in [0.25, 0.3) is 0 Å². The summed E-state index contributed by atoms with van der Waals surface area (Å²) in [5.74, 6) is 1.07. The molecule has 0 unspecified atom stereocenters. The number of nitrogens with zero attached hydrogens (tertiary/aromatic N) is 3. The molecule has 0 radical (unpaired) electrons. The van der Waals surface area contributed by atoms with E-state index in [4.69, 9.17) is 9.84 Å². The van der Waals surface area contributed by atoms with Gasteiger partial charge in [-0.25, -0.2) is 4.98 Å². The number of aliphatic hydroxyl groups is 2. The second-order valence-corrected chi connectivity index (χ2v) is 5.24. The highest BCUT2D eigenvalue weighted by Gasteiger charge is 2.09. The highest BCUT2D eigenvalue weighted by atomic mass is 16.5. The fourth-order valence-corrected chi connectivity index (χ4v) is 2.54. The lowest BCUT2D eigenvalue weighted by Crippen LogP contribution is -1.93. The Morgan fingerprint density at radius 1 is 1.04 bits per heavy atom. The van der Waals surface area contributed by atoms with Gasteiger partial charge in [0.15, 0.2) is 5.76 Å². The van der Waals surface area contributed by atoms with Crippen LogP contribution in [0, 0.1) is 0 Å². The van der Waals surface area contributed by atoms with Gasteiger partial charge in [-0.3, -0.25) is 9.38 Å². The zero-order chi connectivity index (χ0) is 16.5. The minimum absolute atomic E-state index is 0.252. The Balaban J connectivity index is 1.68. The van der Waals surface area contributed by atoms with E-state index in [0.717, 1.165) is 10.8 Å². The van der Waals surface area contributed by atoms with E-state index in [1.54, 1.807) is 35.1 Å². The Kier molecular flexibility index (Phi) is 3.28. The molecule has 0 fully saturated rings. The normalized spacial score (nSPS) is 11.9. The van der Waals surface area contributed by atoms with Crippen molar-refractivity contribution in [2.75, 3.05) is 0 Å². The first-order valence-corrected chi connectivity index (χ1v) is 7.27. The van der Waals surface area contributed by atoms with Crippen LogP contribution in [0.15, 0.2) is 67.4 Å². The van der Waals surface area contributed by atoms with Crippen molar-refractivity contribution >= 4 is 22.2 Å². The third-order valence-electron chi connectivity index (χ3n) is 3.72. The molecule has 0 bridgehead atoms. The molecule has 0 atom stereocenters. The number of aliphatic hydroxyl groups excluding tert-OH is 2. The van der Waals surface area contributed by atoms with Crippen LogP contribution in [-0.2, 0) is 0 Å². The molecule has 24 heavy (non-hydrogen) atoms. The summed E-state index contributed by atoms with van der Waals surface area (Å²) in [7, 11) is 0. The van der Waals surface area contributed by atoms with E-state index in [9.17, 15) is 5.11 Å². The summed E-state index contributed by atoms with van der Waals surface area (Å²) < 4.78 is 7.54. The summed E-state index contributed by atoms with van der Waals surface area (Å²) >= 11 is 0. The first-order chi connectivity index (χ1) is 11.7. The van der Waals surface area contributed by atoms with Crippen LogP contribution in [0.5, 0.6) is 11.5 Å². The Morgan fingerprint density at radius 2 is 1.92 bits per heavy atom. The number of fused-ring (bicyclic) bond motifs is 2. The lowest BCUT2D eigenvalue weighted by atomic mass is 10.2. The second-order valence-electron chi connectivity index (χ2n) is 5.24. The van der Waals surface area contributed by atoms with Gasteiger partial charge < -0.3 is 14.9 Å². The van der Waals surface area contributed by atoms with Crippen molar-refractivity contribution in [3.8, 4) is 11.5 Å². The van der Waals surface area contributed by atoms with E-state index in [1.165, 1.54) is 6.20 Å². The summed E-state index contributed by atoms with van der Waals surface area (Å²) in [6.07, 6.45) is 7.37. The molecule has 3 heterocycles. The average molecular weight is 319 g/mol. The summed E-state index contributed by atoms with van der Waals surface area (Å²) in [6.45, 7) is 0. The average Bonchev–Trinajstić information content (AvgIpc) is 3.04. The highest BCUT2D eigenvalue weighted by molar-refractivity contribution is 5.82. The SMILES string of the molecule is O/C=C(/O)c1cnc2cc(Oc3ccc4ccncc4c3)ccn12. The van der Waals surface area contributed by atoms with Gasteiger partial charge in [0.1, 0.15) is 29.1 Å². The molecule has 2 N–H and O–H groups in total. The minimum atomic E-state index is -0.252. The molecule has 0 saturated carbocycles. The number of aromatic nitrogens is 3. The van der Waals surface area contributed by atoms with E-state index in [0.29, 0.717) is 29.1 Å². The first-order valence-electron chi connectivity index (χ1n) is 7.27. The first kappa shape index (κ1) is 14.1. The third kappa shape index (κ3) is 2.40. The fourth-order valence-electron chi connectivity index (χ4n) is 2.54. The molecule has 0 amide bonds. The quantitative estimate of drug-likeness (QED) is 0.556. The van der Waals surface area contributed by atoms with Crippen molar-refractivity contribution in [2.45, 2.75) is 0 Å². The van der Waals surface area contributed by atoms with Gasteiger partial charge in [0.05, 0.1) is 6.20 Å². The molecule has 0 aliphatic heterocycles. The molecular formula is C18H13N3O3. The van der Waals surface area contributed by atoms with Gasteiger partial charge in [0, 0.05) is 30.0 Å². The largest absolute Gasteiger partial charge is 0.512 e. The monoisotopic (exact) mass is 319 g/mol. The van der Waals surface area contributed by atoms with Gasteiger partial charge >= 0.3 is 0 Å². The van der Waals surface area contributed by atoms with Crippen LogP contribution < -0.4 is 4.74 Å². The van der Waals surface area contributed by atoms with Crippen LogP contribution in [0.1, 0.15) is 5.69 Å². The van der Waals surface area contributed by atoms with Crippen LogP contribution in [0.25, 0.3) is 22.2 Å². The molecule has 6 nitrogen and oxygen atoms in total. The lowest BCUT2D eigenvalue weighted by Gasteiger charge is -2.07. The van der Waals surface area contributed by atoms with E-state index in [-0.39, 0.29) is 5.76 Å². The molecule has 0 saturated heterocycles. The minimum Gasteiger partial charge on any atom is -0.512 e. The number of hydrogen-bond acceptors (Lipinski definition) is 5. The Hall–Kier alpha value is -3.54. The molecule has 0 aliphatic carbocycles. The van der Waals surface area contributed by atoms with Gasteiger partial charge in [0.2, 0.25) is 0 Å². The summed E-state index contributed by atoms with van der Waals surface area (Å²) in [5, 5.41) is 20.6. The van der Waals surface area contributed by atoms with Crippen LogP contribution in [-0.4, -0.2) is 24.6 Å². The number of hydrogen-bond donors (Lipinski definition) is 2. The standard InChI is InChI=1S/C18H13N3O3/c22-11-17(23)16-10-20-18-8-15(4-6-21(16)18)24-14-2-1-12-3-5-19-9-13(12)7-14/h1-11,22-23H/b17-11+. The molecule has 6 heteroatoms. The maximum Gasteiger partial charge on any atom is 0.176 e. The van der Waals surface area contributed by atoms with E-state index in [1.807, 2.05) is 24.3 Å². The highest BCUT2D eigenvalue weighted by Crippen LogP contribution is 2.26. The van der Waals surface area contributed by atoms with Gasteiger partial charge in [-0.2, -0.15) is 0 Å². The van der Waals surface area contributed by atoms with Crippen molar-refractivity contribution in [1.29, 1.82) is 0 Å². The number of pyridine rings is 2. The Morgan fingerprint density at radius 3 is 2.79 bits per heavy atom. The summed E-state index contributed by atoms with van der Waals surface area (Å²) in [5.41, 5.74) is 0.995. The van der Waals surface area contributed by atoms with E-state index in [2.05, 4.69) is 9.97 Å². The predicted molar refractivity (Wildman–Crippen MR) is 90.2 cm³/mol. The van der Waals surface area contributed by atoms with E-state index >= 15 is 0 Å². The van der Waals surface area contributed by atoms with E-state index < -0.39 is 0 Å². The van der Waals surface area contributed by atoms with Crippen LogP contribution in [0.3, 0.4) is 0 Å². The van der Waals surface area contributed by atoms with Crippen molar-refractivity contribution in [3.05, 3.63) is 73.1 Å². The Bertz CT molecular complexity index is 1070. The fraction of sp³-hybridized carbons (Fsp3) is 0. The van der Waals surface area contributed by atoms with Crippen LogP contribution >= 0.6 is 0 Å². The molecule has 4 aromatic rings. The van der Waals surface area contributed by atoms with Crippen molar-refractivity contribution in [1.82, 2.24) is 14.4 Å². The van der Waals surface area contributed by atoms with Gasteiger partial charge in [-0.05, 0) is 29.7 Å². The molecule has 118 valence electrons. The zero-order valence-corrected chi connectivity index (χ0v) is 12.5. The van der Waals surface area contributed by atoms with Crippen LogP contribution in [0.4, 0.5) is 0 Å². The maximum absolute atomic E-state index is 9.63. The molecule has 0 aliphatic rings. The van der Waals surface area contributed by atoms with Crippen molar-refractivity contribution in [3.63, 3.8) is 0 Å². The maximum atomic E-state index is 9.63. The molecular weight excluding hydrogens is 306 g/mol. The summed E-state index contributed by atoms with van der Waals surface area (Å²) in [4.78, 5) is 8.31. The zero-order valence-electron chi connectivity index (χ0n) is 12.5. The number of ether oxygens (including phenoxy) is 1. The summed E-state index contributed by atoms with van der Waals surface area (Å²) in [6, 6.07) is 11.2. The van der Waals surface area contributed by atoms with Gasteiger partial charge in [-0.15, -0.1) is 0 Å².